The summed E-state index contributed by atoms with van der Waals surface area (Å²) in [7, 11) is -10.8. The zero-order chi connectivity index (χ0) is 82.7. The Bertz CT molecular complexity index is 3570. The first kappa shape index (κ1) is 95.9. The molecule has 110 heavy (non-hydrogen) atoms. The summed E-state index contributed by atoms with van der Waals surface area (Å²) < 4.78 is 43.3. The Morgan fingerprint density at radius 2 is 0.973 bits per heavy atom. The van der Waals surface area contributed by atoms with Crippen LogP contribution in [0, 0.1) is 0 Å². The molecular weight excluding hydrogens is 1530 g/mol. The first-order valence-corrected chi connectivity index (χ1v) is 42.7. The molecule has 44 heteroatoms. The van der Waals surface area contributed by atoms with Crippen LogP contribution in [0.2, 0.25) is 0 Å². The average Bonchev–Trinajstić information content (AvgIpc) is 0.813. The van der Waals surface area contributed by atoms with Gasteiger partial charge in [0.1, 0.15) is 35.9 Å². The maximum Gasteiger partial charge on any atom is 0.326 e. The van der Waals surface area contributed by atoms with Gasteiger partial charge in [-0.05, 0) is 123 Å². The number of urea groups is 1. The van der Waals surface area contributed by atoms with Crippen LogP contribution in [0.4, 0.5) is 8.68 Å². The number of amides is 8. The molecule has 1 fully saturated rings. The summed E-state index contributed by atoms with van der Waals surface area (Å²) in [6.45, 7) is 11.7. The van der Waals surface area contributed by atoms with E-state index in [0.717, 1.165) is 4.68 Å². The van der Waals surface area contributed by atoms with Crippen LogP contribution < -0.4 is 42.5 Å². The molecule has 1 aliphatic rings. The van der Waals surface area contributed by atoms with Crippen LogP contribution in [-0.4, -0.2) is 288 Å². The van der Waals surface area contributed by atoms with Gasteiger partial charge in [0.15, 0.2) is 0 Å². The lowest BCUT2D eigenvalue weighted by Crippen LogP contribution is -2.51. The number of nitrogens with zero attached hydrogens (tertiary/aromatic N) is 6. The zero-order valence-electron chi connectivity index (χ0n) is 62.6. The van der Waals surface area contributed by atoms with Crippen LogP contribution in [0.1, 0.15) is 160 Å². The maximum absolute atomic E-state index is 17.1. The topological polar surface area (TPSA) is 592 Å². The third-order valence-corrected chi connectivity index (χ3v) is 26.4. The number of hydrogen-bond acceptors (Lipinski definition) is 21. The van der Waals surface area contributed by atoms with Crippen molar-refractivity contribution in [2.45, 2.75) is 189 Å². The molecule has 39 nitrogen and oxygen atoms in total. The second-order valence-corrected chi connectivity index (χ2v) is 38.5. The van der Waals surface area contributed by atoms with E-state index in [1.165, 1.54) is 30.5 Å². The van der Waals surface area contributed by atoms with Crippen LogP contribution in [0.25, 0.3) is 0 Å². The first-order valence-electron chi connectivity index (χ1n) is 35.7. The molecule has 0 spiro atoms. The van der Waals surface area contributed by atoms with Crippen LogP contribution in [-0.2, 0) is 73.2 Å². The van der Waals surface area contributed by atoms with E-state index in [1.54, 1.807) is 51.3 Å². The van der Waals surface area contributed by atoms with Crippen molar-refractivity contribution in [2.24, 2.45) is 0 Å². The molecule has 2 heterocycles. The Kier molecular flexibility index (Phi) is 40.6. The summed E-state index contributed by atoms with van der Waals surface area (Å²) in [6, 6.07) is -3.07. The van der Waals surface area contributed by atoms with E-state index in [0.29, 0.717) is 37.0 Å². The molecule has 0 aliphatic carbocycles. The zero-order valence-corrected chi connectivity index (χ0v) is 66.2. The fraction of sp³-hybridized carbons (Fsp3) is 0.667. The molecule has 3 unspecified atom stereocenters. The Morgan fingerprint density at radius 3 is 1.48 bits per heavy atom. The summed E-state index contributed by atoms with van der Waals surface area (Å²) in [5, 5.41) is 93.1. The second-order valence-electron chi connectivity index (χ2n) is 28.4. The normalized spacial score (nSPS) is 16.1. The number of carbonyl (C=O) groups excluding carboxylic acids is 7. The van der Waals surface area contributed by atoms with Gasteiger partial charge >= 0.3 is 47.8 Å². The number of rotatable bonds is 50. The van der Waals surface area contributed by atoms with Crippen molar-refractivity contribution in [2.75, 3.05) is 96.2 Å². The smallest absolute Gasteiger partial charge is 0.326 e. The Labute approximate surface area is 639 Å². The standard InChI is InChI=1S/C66H108FN14O25P3S/c1-65(2,3)110(67,66(4,5)6)45-17-15-43(16-18-45)58(92)71-38-50(81-39-44(76-77-81)37-70-53(84)24-35-108(103,104)41-79-30-28-78(40-107-34-23-56(88)89)29-31-80(33-32-79)42-109(105,106)36-25-57(90)91)59(93)73-47(61(96)97)11-7-8-26-68-51(82)21-22-52(83)69-27-10-13-46(60(94)95)72-54(85)20-19-49(63(100)101)75-64(102)74-48(62(98)99)12-9-14-55(86)87/h15-18,39,46-50,107H,7-14,19-38,40-42H2,1-6H3,(H,68,82)(H,69,83)(H,70,84)(H,71,92)(H,72,85)(H,73,93)(H,86,87)(H,88,89)(H,90,91)(H,94,95)(H,96,97)(H,98,99)(H,100,101)(H,103,104)(H,105,106)(H2,74,75,102)/t46-,47+,48-,49-,50+/m0/s1. The minimum atomic E-state index is -4.09. The second kappa shape index (κ2) is 46.5. The van der Waals surface area contributed by atoms with E-state index in [1.807, 2.05) is 15.5 Å². The molecule has 620 valence electrons. The number of aliphatic carboxylic acids is 7. The molecule has 3 rings (SSSR count). The molecule has 8 atom stereocenters. The van der Waals surface area contributed by atoms with Gasteiger partial charge in [-0.1, -0.05) is 15.6 Å². The monoisotopic (exact) mass is 1640 g/mol. The molecule has 2 aromatic rings. The number of unbranched alkanes of at least 4 members (excludes halogenated alkanes) is 1. The summed E-state index contributed by atoms with van der Waals surface area (Å²) in [5.74, 6) is -13.8. The summed E-state index contributed by atoms with van der Waals surface area (Å²) in [4.78, 5) is 200. The van der Waals surface area contributed by atoms with Crippen molar-refractivity contribution in [3.63, 3.8) is 0 Å². The highest BCUT2D eigenvalue weighted by Crippen LogP contribution is 2.74. The highest BCUT2D eigenvalue weighted by molar-refractivity contribution is 8.31. The molecule has 8 amide bonds. The van der Waals surface area contributed by atoms with Gasteiger partial charge in [0, 0.05) is 136 Å². The fourth-order valence-electron chi connectivity index (χ4n) is 11.5. The molecule has 1 saturated heterocycles. The van der Waals surface area contributed by atoms with Crippen LogP contribution in [0.3, 0.4) is 0 Å². The number of halogens is 1. The minimum absolute atomic E-state index is 0.0149. The van der Waals surface area contributed by atoms with Gasteiger partial charge in [-0.25, -0.2) is 28.7 Å². The Balaban J connectivity index is 1.62. The van der Waals surface area contributed by atoms with E-state index in [9.17, 15) is 106 Å². The fourth-order valence-corrected chi connectivity index (χ4v) is 19.6. The molecule has 1 aromatic heterocycles. The quantitative estimate of drug-likeness (QED) is 0.0333. The lowest BCUT2D eigenvalue weighted by atomic mass is 10.1. The molecule has 1 aromatic carbocycles. The van der Waals surface area contributed by atoms with E-state index in [4.69, 9.17) is 15.3 Å². The first-order chi connectivity index (χ1) is 51.3. The van der Waals surface area contributed by atoms with Gasteiger partial charge in [0.2, 0.25) is 44.3 Å². The van der Waals surface area contributed by atoms with Crippen molar-refractivity contribution >= 4 is 117 Å². The van der Waals surface area contributed by atoms with Crippen LogP contribution >= 0.6 is 33.7 Å². The van der Waals surface area contributed by atoms with Crippen LogP contribution in [0.5, 0.6) is 0 Å². The summed E-state index contributed by atoms with van der Waals surface area (Å²) in [6.07, 6.45) is -2.95. The predicted octanol–water partition coefficient (Wildman–Crippen LogP) is 2.20. The summed E-state index contributed by atoms with van der Waals surface area (Å²) in [5.41, 5.74) is 0.160. The van der Waals surface area contributed by atoms with Crippen molar-refractivity contribution in [1.82, 2.24) is 72.2 Å². The third-order valence-electron chi connectivity index (χ3n) is 17.3. The number of hydrogen-bond donors (Lipinski definition) is 17. The number of aromatic nitrogens is 3. The van der Waals surface area contributed by atoms with E-state index < -0.39 is 193 Å². The van der Waals surface area contributed by atoms with Crippen molar-refractivity contribution in [1.29, 1.82) is 0 Å². The van der Waals surface area contributed by atoms with Crippen molar-refractivity contribution in [3.05, 3.63) is 41.7 Å². The van der Waals surface area contributed by atoms with Gasteiger partial charge in [0.05, 0.1) is 31.7 Å². The van der Waals surface area contributed by atoms with E-state index in [-0.39, 0.29) is 142 Å². The Morgan fingerprint density at radius 1 is 0.518 bits per heavy atom. The molecular formula is C66H108FN14O25P3S. The minimum Gasteiger partial charge on any atom is -0.481 e. The lowest BCUT2D eigenvalue weighted by molar-refractivity contribution is -0.142. The van der Waals surface area contributed by atoms with Gasteiger partial charge in [-0.2, -0.15) is 3.89 Å². The number of carbonyl (C=O) groups is 14. The van der Waals surface area contributed by atoms with Crippen molar-refractivity contribution < 1.29 is 126 Å². The number of benzene rings is 1. The molecule has 0 bridgehead atoms. The maximum atomic E-state index is 17.1. The number of nitrogens with one attached hydrogen (secondary N) is 8. The molecule has 0 radical (unpaired) electrons. The van der Waals surface area contributed by atoms with E-state index in [2.05, 4.69) is 42.2 Å². The van der Waals surface area contributed by atoms with E-state index >= 15 is 3.89 Å². The number of carboxylic acids is 7. The Hall–Kier alpha value is -8.29. The van der Waals surface area contributed by atoms with Crippen molar-refractivity contribution in [3.8, 4) is 0 Å². The van der Waals surface area contributed by atoms with Gasteiger partial charge in [0.25, 0.3) is 5.91 Å². The molecule has 0 saturated carbocycles. The highest BCUT2D eigenvalue weighted by atomic mass is 32.3. The largest absolute Gasteiger partial charge is 0.481 e. The molecule has 1 aliphatic heterocycles. The molecule has 17 N–H and O–H groups in total. The van der Waals surface area contributed by atoms with Crippen LogP contribution in [0.15, 0.2) is 35.4 Å². The average molecular weight is 1640 g/mol. The lowest BCUT2D eigenvalue weighted by Gasteiger charge is -2.52. The van der Waals surface area contributed by atoms with Gasteiger partial charge in [-0.3, -0.25) is 67.0 Å². The predicted molar refractivity (Wildman–Crippen MR) is 400 cm³/mol. The van der Waals surface area contributed by atoms with Gasteiger partial charge in [-0.15, -0.1) is 13.7 Å². The SMILES string of the molecule is CC(C)(C)S(F)(c1ccc(C(=O)NC[C@H](C(=O)N[C@H](CCCCNC(=O)CCC(=O)NCCC[C@H](NC(=O)CC[C@H](NC(=O)N[C@@H](CCCC(=O)O)C(=O)O)C(=O)O)C(=O)O)C(=O)O)n2cc(CNC(=O)CCP(=O)(O)CN3CCN(CPCCC(=O)O)CCN(CP(=O)(O)CCC(=O)O)CC3)nn2)cc1)C(C)(C)C. The van der Waals surface area contributed by atoms with Gasteiger partial charge < -0.3 is 88.1 Å². The number of carboxylic acid groups (broad SMARTS) is 7. The summed E-state index contributed by atoms with van der Waals surface area (Å²) >= 11 is 0. The third kappa shape index (κ3) is 36.3. The highest BCUT2D eigenvalue weighted by Gasteiger charge is 2.48.